The summed E-state index contributed by atoms with van der Waals surface area (Å²) in [5.41, 5.74) is 3.48. The van der Waals surface area contributed by atoms with Crippen molar-refractivity contribution in [2.24, 2.45) is 5.84 Å². The van der Waals surface area contributed by atoms with Crippen molar-refractivity contribution in [1.82, 2.24) is 10.7 Å². The van der Waals surface area contributed by atoms with Gasteiger partial charge in [-0.3, -0.25) is 0 Å². The van der Waals surface area contributed by atoms with E-state index in [0.717, 1.165) is 18.5 Å². The van der Waals surface area contributed by atoms with Gasteiger partial charge >= 0.3 is 0 Å². The van der Waals surface area contributed by atoms with E-state index >= 15 is 0 Å². The van der Waals surface area contributed by atoms with Gasteiger partial charge in [-0.1, -0.05) is 0 Å². The summed E-state index contributed by atoms with van der Waals surface area (Å²) >= 11 is 4.78. The highest BCUT2D eigenvalue weighted by Crippen LogP contribution is 1.99. The fraction of sp³-hybridized carbons (Fsp3) is 0.286. The van der Waals surface area contributed by atoms with E-state index < -0.39 is 0 Å². The first-order valence-electron chi connectivity index (χ1n) is 3.58. The molecule has 1 aromatic heterocycles. The largest absolute Gasteiger partial charge is 0.472 e. The van der Waals surface area contributed by atoms with Crippen LogP contribution in [0.25, 0.3) is 0 Å². The molecular weight excluding hydrogens is 174 g/mol. The van der Waals surface area contributed by atoms with Crippen LogP contribution >= 0.6 is 12.2 Å². The molecule has 5 heteroatoms. The summed E-state index contributed by atoms with van der Waals surface area (Å²) in [6.07, 6.45) is 4.23. The van der Waals surface area contributed by atoms with Crippen molar-refractivity contribution in [1.29, 1.82) is 0 Å². The third kappa shape index (κ3) is 2.89. The minimum absolute atomic E-state index is 0.457. The highest BCUT2D eigenvalue weighted by Gasteiger charge is 1.94. The van der Waals surface area contributed by atoms with Gasteiger partial charge in [0.1, 0.15) is 0 Å². The summed E-state index contributed by atoms with van der Waals surface area (Å²) in [4.78, 5) is 0. The second-order valence-electron chi connectivity index (χ2n) is 2.28. The van der Waals surface area contributed by atoms with Crippen molar-refractivity contribution < 1.29 is 4.42 Å². The lowest BCUT2D eigenvalue weighted by Crippen LogP contribution is -2.40. The van der Waals surface area contributed by atoms with Crippen LogP contribution in [0.1, 0.15) is 5.56 Å². The number of nitrogens with one attached hydrogen (secondary N) is 2. The van der Waals surface area contributed by atoms with Crippen molar-refractivity contribution >= 4 is 17.3 Å². The van der Waals surface area contributed by atoms with Gasteiger partial charge in [0.15, 0.2) is 5.11 Å². The van der Waals surface area contributed by atoms with E-state index in [1.54, 1.807) is 12.5 Å². The van der Waals surface area contributed by atoms with Crippen LogP contribution < -0.4 is 16.6 Å². The number of furan rings is 1. The molecule has 1 aromatic rings. The van der Waals surface area contributed by atoms with Gasteiger partial charge in [0.2, 0.25) is 0 Å². The predicted molar refractivity (Wildman–Crippen MR) is 50.3 cm³/mol. The van der Waals surface area contributed by atoms with Crippen LogP contribution in [-0.4, -0.2) is 11.7 Å². The lowest BCUT2D eigenvalue weighted by atomic mass is 10.2. The quantitative estimate of drug-likeness (QED) is 0.356. The third-order valence-electron chi connectivity index (χ3n) is 1.41. The average Bonchev–Trinajstić information content (AvgIpc) is 2.57. The van der Waals surface area contributed by atoms with Gasteiger partial charge in [0, 0.05) is 6.54 Å². The molecule has 0 amide bonds. The van der Waals surface area contributed by atoms with Gasteiger partial charge in [-0.2, -0.15) is 0 Å². The molecular formula is C7H11N3OS. The first-order chi connectivity index (χ1) is 5.83. The molecule has 0 saturated carbocycles. The second kappa shape index (κ2) is 4.74. The van der Waals surface area contributed by atoms with E-state index in [1.165, 1.54) is 0 Å². The Kier molecular flexibility index (Phi) is 3.56. The van der Waals surface area contributed by atoms with Crippen molar-refractivity contribution in [3.05, 3.63) is 24.2 Å². The summed E-state index contributed by atoms with van der Waals surface area (Å²) < 4.78 is 4.90. The Morgan fingerprint density at radius 1 is 1.67 bits per heavy atom. The van der Waals surface area contributed by atoms with Crippen LogP contribution in [0.5, 0.6) is 0 Å². The Labute approximate surface area is 76.1 Å². The zero-order valence-electron chi connectivity index (χ0n) is 6.54. The first kappa shape index (κ1) is 9.02. The van der Waals surface area contributed by atoms with Crippen LogP contribution in [0.15, 0.2) is 23.0 Å². The normalized spacial score (nSPS) is 9.42. The lowest BCUT2D eigenvalue weighted by molar-refractivity contribution is 0.563. The predicted octanol–water partition coefficient (Wildman–Crippen LogP) is 0.160. The van der Waals surface area contributed by atoms with Crippen molar-refractivity contribution in [3.8, 4) is 0 Å². The molecule has 66 valence electrons. The lowest BCUT2D eigenvalue weighted by Gasteiger charge is -2.04. The summed E-state index contributed by atoms with van der Waals surface area (Å²) in [6.45, 7) is 0.753. The highest BCUT2D eigenvalue weighted by atomic mass is 32.1. The minimum atomic E-state index is 0.457. The zero-order valence-corrected chi connectivity index (χ0v) is 7.36. The monoisotopic (exact) mass is 185 g/mol. The number of thiocarbonyl (C=S) groups is 1. The minimum Gasteiger partial charge on any atom is -0.472 e. The Balaban J connectivity index is 2.15. The number of rotatable bonds is 3. The molecule has 0 aromatic carbocycles. The molecule has 0 fully saturated rings. The maximum Gasteiger partial charge on any atom is 0.180 e. The number of hydrogen-bond acceptors (Lipinski definition) is 3. The fourth-order valence-electron chi connectivity index (χ4n) is 0.806. The van der Waals surface area contributed by atoms with Gasteiger partial charge in [-0.05, 0) is 30.3 Å². The summed E-state index contributed by atoms with van der Waals surface area (Å²) in [5, 5.41) is 3.38. The van der Waals surface area contributed by atoms with Crippen LogP contribution in [0, 0.1) is 0 Å². The standard InChI is InChI=1S/C7H11N3OS/c8-10-7(12)9-3-1-6-2-4-11-5-6/h2,4-5H,1,3,8H2,(H2,9,10,12). The molecule has 4 N–H and O–H groups in total. The molecule has 0 unspecified atom stereocenters. The van der Waals surface area contributed by atoms with Crippen LogP contribution in [0.2, 0.25) is 0 Å². The molecule has 0 bridgehead atoms. The molecule has 12 heavy (non-hydrogen) atoms. The van der Waals surface area contributed by atoms with Crippen molar-refractivity contribution in [2.45, 2.75) is 6.42 Å². The van der Waals surface area contributed by atoms with Gasteiger partial charge in [-0.25, -0.2) is 5.84 Å². The zero-order chi connectivity index (χ0) is 8.81. The molecule has 4 nitrogen and oxygen atoms in total. The summed E-state index contributed by atoms with van der Waals surface area (Å²) in [6, 6.07) is 1.92. The smallest absolute Gasteiger partial charge is 0.180 e. The van der Waals surface area contributed by atoms with E-state index in [0.29, 0.717) is 5.11 Å². The maximum atomic E-state index is 5.06. The van der Waals surface area contributed by atoms with Crippen LogP contribution in [0.3, 0.4) is 0 Å². The van der Waals surface area contributed by atoms with Gasteiger partial charge in [0.05, 0.1) is 12.5 Å². The number of nitrogens with two attached hydrogens (primary N) is 1. The Bertz CT molecular complexity index is 235. The van der Waals surface area contributed by atoms with Crippen LogP contribution in [0.4, 0.5) is 0 Å². The van der Waals surface area contributed by atoms with Gasteiger partial charge in [-0.15, -0.1) is 0 Å². The highest BCUT2D eigenvalue weighted by molar-refractivity contribution is 7.80. The summed E-state index contributed by atoms with van der Waals surface area (Å²) in [5.74, 6) is 5.06. The Morgan fingerprint density at radius 3 is 3.08 bits per heavy atom. The topological polar surface area (TPSA) is 63.2 Å². The molecule has 0 aliphatic rings. The number of hydrogen-bond donors (Lipinski definition) is 3. The van der Waals surface area contributed by atoms with Gasteiger partial charge < -0.3 is 15.2 Å². The molecule has 0 aliphatic carbocycles. The third-order valence-corrected chi connectivity index (χ3v) is 1.67. The molecule has 0 radical (unpaired) electrons. The average molecular weight is 185 g/mol. The maximum absolute atomic E-state index is 5.06. The molecule has 0 aliphatic heterocycles. The molecule has 0 atom stereocenters. The Hall–Kier alpha value is -1.07. The Morgan fingerprint density at radius 2 is 2.50 bits per heavy atom. The van der Waals surface area contributed by atoms with Crippen molar-refractivity contribution in [2.75, 3.05) is 6.54 Å². The van der Waals surface area contributed by atoms with Crippen LogP contribution in [-0.2, 0) is 6.42 Å². The molecule has 1 heterocycles. The van der Waals surface area contributed by atoms with E-state index in [-0.39, 0.29) is 0 Å². The SMILES string of the molecule is NNC(=S)NCCc1ccoc1. The molecule has 0 spiro atoms. The molecule has 0 saturated heterocycles. The first-order valence-corrected chi connectivity index (χ1v) is 3.99. The summed E-state index contributed by atoms with van der Waals surface area (Å²) in [7, 11) is 0. The number of hydrazine groups is 1. The van der Waals surface area contributed by atoms with E-state index in [1.807, 2.05) is 6.07 Å². The van der Waals surface area contributed by atoms with E-state index in [4.69, 9.17) is 22.5 Å². The molecule has 1 rings (SSSR count). The van der Waals surface area contributed by atoms with Crippen molar-refractivity contribution in [3.63, 3.8) is 0 Å². The van der Waals surface area contributed by atoms with Gasteiger partial charge in [0.25, 0.3) is 0 Å². The second-order valence-corrected chi connectivity index (χ2v) is 2.69. The van der Waals surface area contributed by atoms with E-state index in [2.05, 4.69) is 10.7 Å². The fourth-order valence-corrected chi connectivity index (χ4v) is 0.908. The van der Waals surface area contributed by atoms with E-state index in [9.17, 15) is 0 Å².